The summed E-state index contributed by atoms with van der Waals surface area (Å²) in [6.07, 6.45) is 1.49. The molecule has 0 unspecified atom stereocenters. The van der Waals surface area contributed by atoms with E-state index in [1.54, 1.807) is 0 Å². The smallest absolute Gasteiger partial charge is 0.200 e. The van der Waals surface area contributed by atoms with E-state index in [1.807, 2.05) is 5.01 Å². The molecule has 1 aromatic rings. The fourth-order valence-corrected chi connectivity index (χ4v) is 1.74. The molecule has 1 fully saturated rings. The Morgan fingerprint density at radius 2 is 1.72 bits per heavy atom. The molecule has 1 aliphatic rings. The lowest BCUT2D eigenvalue weighted by Gasteiger charge is -2.30. The maximum atomic E-state index is 9.62. The number of phenolic OH excluding ortho intramolecular Hbond substituents is 3. The molecule has 2 rings (SSSR count). The van der Waals surface area contributed by atoms with E-state index in [-0.39, 0.29) is 11.5 Å². The molecule has 1 aromatic carbocycles. The fraction of sp³-hybridized carbons (Fsp3) is 0.417. The summed E-state index contributed by atoms with van der Waals surface area (Å²) in [5.41, 5.74) is 0.379. The molecule has 0 spiro atoms. The third kappa shape index (κ3) is 2.65. The number of phenols is 3. The van der Waals surface area contributed by atoms with E-state index in [4.69, 9.17) is 0 Å². The molecule has 6 heteroatoms. The first kappa shape index (κ1) is 12.5. The molecule has 0 bridgehead atoms. The second-order valence-corrected chi connectivity index (χ2v) is 4.37. The number of rotatable bonds is 2. The van der Waals surface area contributed by atoms with Gasteiger partial charge in [-0.2, -0.15) is 5.10 Å². The second-order valence-electron chi connectivity index (χ2n) is 4.37. The standard InChI is InChI=1S/C12H17N3O3/c1-14-4-6-15(7-5-14)13-8-9-2-3-10(16)12(18)11(9)17/h2-3,8,16-18H,4-7H2,1H3. The van der Waals surface area contributed by atoms with Crippen LogP contribution in [-0.4, -0.2) is 64.7 Å². The van der Waals surface area contributed by atoms with Crippen LogP contribution in [0.15, 0.2) is 17.2 Å². The summed E-state index contributed by atoms with van der Waals surface area (Å²) in [6.45, 7) is 3.56. The third-order valence-electron chi connectivity index (χ3n) is 3.00. The van der Waals surface area contributed by atoms with Crippen molar-refractivity contribution >= 4 is 6.21 Å². The first-order valence-corrected chi connectivity index (χ1v) is 5.79. The number of nitrogens with zero attached hydrogens (tertiary/aromatic N) is 3. The zero-order valence-electron chi connectivity index (χ0n) is 10.2. The van der Waals surface area contributed by atoms with Gasteiger partial charge in [-0.15, -0.1) is 0 Å². The van der Waals surface area contributed by atoms with Crippen molar-refractivity contribution in [2.24, 2.45) is 5.10 Å². The number of likely N-dealkylation sites (N-methyl/N-ethyl adjacent to an activating group) is 1. The van der Waals surface area contributed by atoms with Crippen LogP contribution in [-0.2, 0) is 0 Å². The molecule has 1 heterocycles. The minimum absolute atomic E-state index is 0.343. The van der Waals surface area contributed by atoms with E-state index in [1.165, 1.54) is 18.3 Å². The van der Waals surface area contributed by atoms with Gasteiger partial charge in [0.05, 0.1) is 6.21 Å². The van der Waals surface area contributed by atoms with Gasteiger partial charge >= 0.3 is 0 Å². The van der Waals surface area contributed by atoms with Crippen LogP contribution < -0.4 is 0 Å². The maximum absolute atomic E-state index is 9.62. The van der Waals surface area contributed by atoms with Gasteiger partial charge in [0, 0.05) is 31.7 Å². The third-order valence-corrected chi connectivity index (χ3v) is 3.00. The Hall–Kier alpha value is -1.95. The fourth-order valence-electron chi connectivity index (χ4n) is 1.74. The Morgan fingerprint density at radius 3 is 2.39 bits per heavy atom. The summed E-state index contributed by atoms with van der Waals surface area (Å²) in [5.74, 6) is -1.21. The molecule has 0 saturated carbocycles. The average Bonchev–Trinajstić information content (AvgIpc) is 2.37. The van der Waals surface area contributed by atoms with Crippen LogP contribution in [0.4, 0.5) is 0 Å². The first-order valence-electron chi connectivity index (χ1n) is 5.79. The lowest BCUT2D eigenvalue weighted by Crippen LogP contribution is -2.41. The van der Waals surface area contributed by atoms with E-state index in [0.29, 0.717) is 5.56 Å². The number of piperazine rings is 1. The average molecular weight is 251 g/mol. The highest BCUT2D eigenvalue weighted by Gasteiger charge is 2.12. The Kier molecular flexibility index (Phi) is 3.57. The van der Waals surface area contributed by atoms with Gasteiger partial charge in [0.1, 0.15) is 0 Å². The van der Waals surface area contributed by atoms with E-state index < -0.39 is 5.75 Å². The van der Waals surface area contributed by atoms with Crippen LogP contribution >= 0.6 is 0 Å². The molecule has 18 heavy (non-hydrogen) atoms. The molecule has 0 aromatic heterocycles. The Morgan fingerprint density at radius 1 is 1.06 bits per heavy atom. The van der Waals surface area contributed by atoms with Crippen LogP contribution in [0.1, 0.15) is 5.56 Å². The monoisotopic (exact) mass is 251 g/mol. The lowest BCUT2D eigenvalue weighted by molar-refractivity contribution is 0.159. The topological polar surface area (TPSA) is 79.5 Å². The summed E-state index contributed by atoms with van der Waals surface area (Å²) >= 11 is 0. The highest BCUT2D eigenvalue weighted by atomic mass is 16.3. The lowest BCUT2D eigenvalue weighted by atomic mass is 10.2. The first-order chi connectivity index (χ1) is 8.58. The van der Waals surface area contributed by atoms with Gasteiger partial charge in [-0.3, -0.25) is 5.01 Å². The van der Waals surface area contributed by atoms with Crippen molar-refractivity contribution in [3.05, 3.63) is 17.7 Å². The summed E-state index contributed by atoms with van der Waals surface area (Å²) in [7, 11) is 2.06. The summed E-state index contributed by atoms with van der Waals surface area (Å²) in [6, 6.07) is 2.82. The zero-order chi connectivity index (χ0) is 13.1. The van der Waals surface area contributed by atoms with Crippen LogP contribution in [0.3, 0.4) is 0 Å². The van der Waals surface area contributed by atoms with Gasteiger partial charge in [-0.1, -0.05) is 0 Å². The molecule has 1 aliphatic heterocycles. The molecule has 1 saturated heterocycles. The van der Waals surface area contributed by atoms with Gasteiger partial charge in [0.15, 0.2) is 11.5 Å². The number of aromatic hydroxyl groups is 3. The Balaban J connectivity index is 2.07. The molecule has 0 amide bonds. The zero-order valence-corrected chi connectivity index (χ0v) is 10.2. The van der Waals surface area contributed by atoms with Crippen molar-refractivity contribution in [1.82, 2.24) is 9.91 Å². The van der Waals surface area contributed by atoms with Crippen LogP contribution in [0.25, 0.3) is 0 Å². The Labute approximate surface area is 105 Å². The van der Waals surface area contributed by atoms with Crippen molar-refractivity contribution in [2.75, 3.05) is 33.2 Å². The van der Waals surface area contributed by atoms with Gasteiger partial charge in [-0.25, -0.2) is 0 Å². The quantitative estimate of drug-likeness (QED) is 0.523. The maximum Gasteiger partial charge on any atom is 0.200 e. The molecule has 0 atom stereocenters. The molecule has 0 aliphatic carbocycles. The van der Waals surface area contributed by atoms with E-state index >= 15 is 0 Å². The van der Waals surface area contributed by atoms with Crippen LogP contribution in [0.2, 0.25) is 0 Å². The predicted octanol–water partition coefficient (Wildman–Crippen LogP) is 0.385. The number of hydrogen-bond acceptors (Lipinski definition) is 6. The minimum Gasteiger partial charge on any atom is -0.504 e. The number of hydrogen-bond donors (Lipinski definition) is 3. The van der Waals surface area contributed by atoms with E-state index in [9.17, 15) is 15.3 Å². The molecule has 6 nitrogen and oxygen atoms in total. The predicted molar refractivity (Wildman–Crippen MR) is 68.1 cm³/mol. The van der Waals surface area contributed by atoms with E-state index in [2.05, 4.69) is 17.0 Å². The Bertz CT molecular complexity index is 454. The van der Waals surface area contributed by atoms with Gasteiger partial charge in [-0.05, 0) is 19.2 Å². The summed E-state index contributed by atoms with van der Waals surface area (Å²) in [5, 5.41) is 34.4. The number of hydrazone groups is 1. The molecular formula is C12H17N3O3. The van der Waals surface area contributed by atoms with Crippen molar-refractivity contribution in [1.29, 1.82) is 0 Å². The van der Waals surface area contributed by atoms with Crippen LogP contribution in [0, 0.1) is 0 Å². The van der Waals surface area contributed by atoms with Gasteiger partial charge in [0.25, 0.3) is 0 Å². The van der Waals surface area contributed by atoms with Crippen LogP contribution in [0.5, 0.6) is 17.2 Å². The molecule has 3 N–H and O–H groups in total. The number of benzene rings is 1. The molecule has 0 radical (unpaired) electrons. The second kappa shape index (κ2) is 5.14. The van der Waals surface area contributed by atoms with Crippen molar-refractivity contribution in [2.45, 2.75) is 0 Å². The minimum atomic E-state index is -0.516. The van der Waals surface area contributed by atoms with Gasteiger partial charge in [0.2, 0.25) is 5.75 Å². The normalized spacial score (nSPS) is 17.5. The highest BCUT2D eigenvalue weighted by Crippen LogP contribution is 2.36. The van der Waals surface area contributed by atoms with Crippen molar-refractivity contribution < 1.29 is 15.3 Å². The largest absolute Gasteiger partial charge is 0.504 e. The SMILES string of the molecule is CN1CCN(N=Cc2ccc(O)c(O)c2O)CC1. The van der Waals surface area contributed by atoms with Gasteiger partial charge < -0.3 is 20.2 Å². The molecule has 98 valence electrons. The summed E-state index contributed by atoms with van der Waals surface area (Å²) < 4.78 is 0. The van der Waals surface area contributed by atoms with Crippen molar-refractivity contribution in [3.63, 3.8) is 0 Å². The van der Waals surface area contributed by atoms with Crippen molar-refractivity contribution in [3.8, 4) is 17.2 Å². The van der Waals surface area contributed by atoms with E-state index in [0.717, 1.165) is 26.2 Å². The molecular weight excluding hydrogens is 234 g/mol. The highest BCUT2D eigenvalue weighted by molar-refractivity contribution is 5.85. The summed E-state index contributed by atoms with van der Waals surface area (Å²) in [4.78, 5) is 2.22.